The van der Waals surface area contributed by atoms with Crippen LogP contribution in [0.15, 0.2) is 0 Å². The zero-order valence-electron chi connectivity index (χ0n) is 9.85. The Morgan fingerprint density at radius 2 is 1.53 bits per heavy atom. The van der Waals surface area contributed by atoms with Gasteiger partial charge in [-0.05, 0) is 5.92 Å². The number of halogens is 6. The number of hydrogen-bond donors (Lipinski definition) is 1. The zero-order valence-corrected chi connectivity index (χ0v) is 9.85. The Kier molecular flexibility index (Phi) is 5.63. The predicted octanol–water partition coefficient (Wildman–Crippen LogP) is 1.79. The topological polar surface area (TPSA) is 55.4 Å². The van der Waals surface area contributed by atoms with Crippen LogP contribution >= 0.6 is 0 Å². The molecule has 0 saturated carbocycles. The molecule has 0 aliphatic heterocycles. The molecule has 0 spiro atoms. The molecule has 0 aromatic heterocycles. The molecule has 1 atom stereocenters. The third kappa shape index (κ3) is 6.30. The van der Waals surface area contributed by atoms with Gasteiger partial charge in [0, 0.05) is 0 Å². The highest BCUT2D eigenvalue weighted by Crippen LogP contribution is 2.18. The van der Waals surface area contributed by atoms with Crippen LogP contribution in [0.2, 0.25) is 0 Å². The summed E-state index contributed by atoms with van der Waals surface area (Å²) in [6, 6.07) is -1.37. The maximum absolute atomic E-state index is 12.0. The first-order valence-electron chi connectivity index (χ1n) is 4.97. The highest BCUT2D eigenvalue weighted by molar-refractivity contribution is 5.82. The molecular formula is C9H11F6NO3. The Labute approximate surface area is 104 Å². The van der Waals surface area contributed by atoms with Crippen molar-refractivity contribution >= 4 is 11.9 Å². The van der Waals surface area contributed by atoms with E-state index in [0.717, 1.165) is 0 Å². The molecule has 112 valence electrons. The smallest absolute Gasteiger partial charge is 0.457 e. The summed E-state index contributed by atoms with van der Waals surface area (Å²) in [6.07, 6.45) is -10.4. The van der Waals surface area contributed by atoms with Crippen molar-refractivity contribution in [3.8, 4) is 0 Å². The quantitative estimate of drug-likeness (QED) is 0.635. The molecule has 1 amide bonds. The van der Waals surface area contributed by atoms with Gasteiger partial charge in [-0.3, -0.25) is 4.79 Å². The third-order valence-electron chi connectivity index (χ3n) is 2.00. The van der Waals surface area contributed by atoms with Crippen molar-refractivity contribution in [2.24, 2.45) is 5.92 Å². The molecule has 0 rings (SSSR count). The number of rotatable bonds is 4. The fourth-order valence-corrected chi connectivity index (χ4v) is 0.898. The van der Waals surface area contributed by atoms with E-state index < -0.39 is 42.8 Å². The fourth-order valence-electron chi connectivity index (χ4n) is 0.898. The predicted molar refractivity (Wildman–Crippen MR) is 49.8 cm³/mol. The molecule has 4 nitrogen and oxygen atoms in total. The van der Waals surface area contributed by atoms with E-state index in [1.54, 1.807) is 0 Å². The summed E-state index contributed by atoms with van der Waals surface area (Å²) in [4.78, 5) is 21.0. The van der Waals surface area contributed by atoms with E-state index in [1.165, 1.54) is 19.2 Å². The van der Waals surface area contributed by atoms with Crippen molar-refractivity contribution in [2.45, 2.75) is 32.2 Å². The number of hydrogen-bond acceptors (Lipinski definition) is 3. The van der Waals surface area contributed by atoms with E-state index in [-0.39, 0.29) is 0 Å². The van der Waals surface area contributed by atoms with E-state index in [9.17, 15) is 35.9 Å². The molecule has 0 radical (unpaired) electrons. The second-order valence-corrected chi connectivity index (χ2v) is 3.92. The molecule has 10 heteroatoms. The SMILES string of the molecule is CC(C)[C@@H](COC(=O)C(F)(F)F)NC(=O)C(F)(F)F. The number of amides is 1. The Hall–Kier alpha value is -1.48. The standard InChI is InChI=1S/C9H11F6NO3/c1-4(2)5(16-6(17)8(10,11)12)3-19-7(18)9(13,14)15/h4-5H,3H2,1-2H3,(H,16,17)/t5-/m1/s1. The number of carbonyl (C=O) groups excluding carboxylic acids is 2. The number of nitrogens with one attached hydrogen (secondary N) is 1. The molecule has 0 aliphatic carbocycles. The van der Waals surface area contributed by atoms with Gasteiger partial charge in [0.05, 0.1) is 6.04 Å². The normalized spacial score (nSPS) is 14.2. The lowest BCUT2D eigenvalue weighted by molar-refractivity contribution is -0.201. The van der Waals surface area contributed by atoms with Crippen molar-refractivity contribution < 1.29 is 40.7 Å². The van der Waals surface area contributed by atoms with Crippen LogP contribution in [0.1, 0.15) is 13.8 Å². The van der Waals surface area contributed by atoms with Crippen molar-refractivity contribution in [3.63, 3.8) is 0 Å². The van der Waals surface area contributed by atoms with Gasteiger partial charge < -0.3 is 10.1 Å². The van der Waals surface area contributed by atoms with E-state index in [2.05, 4.69) is 4.74 Å². The Morgan fingerprint density at radius 3 is 1.84 bits per heavy atom. The summed E-state index contributed by atoms with van der Waals surface area (Å²) in [5.41, 5.74) is 0. The van der Waals surface area contributed by atoms with Gasteiger partial charge in [-0.2, -0.15) is 26.3 Å². The van der Waals surface area contributed by atoms with Crippen LogP contribution in [0.25, 0.3) is 0 Å². The average molecular weight is 295 g/mol. The largest absolute Gasteiger partial charge is 0.490 e. The first-order valence-corrected chi connectivity index (χ1v) is 4.97. The van der Waals surface area contributed by atoms with Crippen LogP contribution in [-0.4, -0.2) is 36.9 Å². The summed E-state index contributed by atoms with van der Waals surface area (Å²) in [7, 11) is 0. The molecule has 0 aromatic carbocycles. The Bertz CT molecular complexity index is 336. The van der Waals surface area contributed by atoms with Crippen LogP contribution in [0, 0.1) is 5.92 Å². The molecule has 0 unspecified atom stereocenters. The van der Waals surface area contributed by atoms with Crippen LogP contribution < -0.4 is 5.32 Å². The summed E-state index contributed by atoms with van der Waals surface area (Å²) in [5, 5.41) is 1.45. The zero-order chi connectivity index (χ0) is 15.4. The molecule has 0 heterocycles. The first kappa shape index (κ1) is 17.5. The minimum absolute atomic E-state index is 0.660. The van der Waals surface area contributed by atoms with Crippen LogP contribution in [-0.2, 0) is 14.3 Å². The van der Waals surface area contributed by atoms with Crippen molar-refractivity contribution in [1.29, 1.82) is 0 Å². The molecule has 0 aliphatic rings. The molecule has 1 N–H and O–H groups in total. The van der Waals surface area contributed by atoms with Gasteiger partial charge in [-0.15, -0.1) is 0 Å². The lowest BCUT2D eigenvalue weighted by Crippen LogP contribution is -2.48. The van der Waals surface area contributed by atoms with E-state index in [0.29, 0.717) is 0 Å². The number of carbonyl (C=O) groups is 2. The van der Waals surface area contributed by atoms with Crippen LogP contribution in [0.4, 0.5) is 26.3 Å². The summed E-state index contributed by atoms with van der Waals surface area (Å²) < 4.78 is 75.1. The number of alkyl halides is 6. The molecule has 0 saturated heterocycles. The minimum atomic E-state index is -5.24. The molecule has 0 bridgehead atoms. The Morgan fingerprint density at radius 1 is 1.05 bits per heavy atom. The van der Waals surface area contributed by atoms with Gasteiger partial charge in [-0.1, -0.05) is 13.8 Å². The van der Waals surface area contributed by atoms with Gasteiger partial charge in [-0.25, -0.2) is 4.79 Å². The van der Waals surface area contributed by atoms with Crippen LogP contribution in [0.3, 0.4) is 0 Å². The summed E-state index contributed by atoms with van der Waals surface area (Å²) in [5.74, 6) is -5.50. The molecular weight excluding hydrogens is 284 g/mol. The highest BCUT2D eigenvalue weighted by atomic mass is 19.4. The van der Waals surface area contributed by atoms with Gasteiger partial charge in [0.25, 0.3) is 0 Å². The maximum Gasteiger partial charge on any atom is 0.490 e. The van der Waals surface area contributed by atoms with Gasteiger partial charge in [0.15, 0.2) is 0 Å². The van der Waals surface area contributed by atoms with E-state index in [1.807, 2.05) is 0 Å². The van der Waals surface area contributed by atoms with Gasteiger partial charge in [0.2, 0.25) is 0 Å². The lowest BCUT2D eigenvalue weighted by atomic mass is 10.1. The number of ether oxygens (including phenoxy) is 1. The monoisotopic (exact) mass is 295 g/mol. The van der Waals surface area contributed by atoms with Crippen molar-refractivity contribution in [1.82, 2.24) is 5.32 Å². The second-order valence-electron chi connectivity index (χ2n) is 3.92. The van der Waals surface area contributed by atoms with Crippen molar-refractivity contribution in [3.05, 3.63) is 0 Å². The Balaban J connectivity index is 4.53. The van der Waals surface area contributed by atoms with Crippen LogP contribution in [0.5, 0.6) is 0 Å². The summed E-state index contributed by atoms with van der Waals surface area (Å²) >= 11 is 0. The van der Waals surface area contributed by atoms with E-state index in [4.69, 9.17) is 0 Å². The van der Waals surface area contributed by atoms with Gasteiger partial charge >= 0.3 is 24.2 Å². The fraction of sp³-hybridized carbons (Fsp3) is 0.778. The summed E-state index contributed by atoms with van der Waals surface area (Å²) in [6.45, 7) is 1.70. The number of esters is 1. The van der Waals surface area contributed by atoms with Gasteiger partial charge in [0.1, 0.15) is 6.61 Å². The molecule has 19 heavy (non-hydrogen) atoms. The van der Waals surface area contributed by atoms with E-state index >= 15 is 0 Å². The maximum atomic E-state index is 12.0. The first-order chi connectivity index (χ1) is 8.35. The second kappa shape index (κ2) is 6.11. The minimum Gasteiger partial charge on any atom is -0.457 e. The average Bonchev–Trinajstić information content (AvgIpc) is 2.19. The molecule has 0 aromatic rings. The third-order valence-corrected chi connectivity index (χ3v) is 2.00. The molecule has 0 fully saturated rings. The van der Waals surface area contributed by atoms with Crippen molar-refractivity contribution in [2.75, 3.05) is 6.61 Å². The lowest BCUT2D eigenvalue weighted by Gasteiger charge is -2.22. The highest BCUT2D eigenvalue weighted by Gasteiger charge is 2.43.